The molecule has 174 valence electrons. The molecule has 3 unspecified atom stereocenters. The van der Waals surface area contributed by atoms with E-state index in [1.165, 1.54) is 5.56 Å². The number of hydrogen-bond donors (Lipinski definition) is 0. The van der Waals surface area contributed by atoms with Gasteiger partial charge in [0.1, 0.15) is 11.5 Å². The highest BCUT2D eigenvalue weighted by atomic mass is 16.6. The van der Waals surface area contributed by atoms with Crippen molar-refractivity contribution in [2.24, 2.45) is 5.92 Å². The number of carbonyl (C=O) groups is 2. The van der Waals surface area contributed by atoms with Crippen molar-refractivity contribution >= 4 is 17.8 Å². The van der Waals surface area contributed by atoms with E-state index in [1.807, 2.05) is 91.0 Å². The summed E-state index contributed by atoms with van der Waals surface area (Å²) in [6.07, 6.45) is 7.22. The Balaban J connectivity index is 1.59. The SMILES string of the molecule is CCCC1(CCc2ccccc2)CC(=O)C(C(C=Cc2ccccc2)c2ccccc2)C(=O)O1. The number of ether oxygens (including phenoxy) is 1. The number of cyclic esters (lactones) is 1. The van der Waals surface area contributed by atoms with Crippen LogP contribution in [0.4, 0.5) is 0 Å². The summed E-state index contributed by atoms with van der Waals surface area (Å²) in [6.45, 7) is 2.07. The summed E-state index contributed by atoms with van der Waals surface area (Å²) in [4.78, 5) is 27.1. The smallest absolute Gasteiger partial charge is 0.318 e. The van der Waals surface area contributed by atoms with Crippen LogP contribution in [0.3, 0.4) is 0 Å². The lowest BCUT2D eigenvalue weighted by Gasteiger charge is -2.40. The molecule has 1 aliphatic rings. The maximum absolute atomic E-state index is 13.6. The number of benzene rings is 3. The number of carbonyl (C=O) groups excluding carboxylic acids is 2. The summed E-state index contributed by atoms with van der Waals surface area (Å²) in [7, 11) is 0. The summed E-state index contributed by atoms with van der Waals surface area (Å²) in [5, 5.41) is 0. The van der Waals surface area contributed by atoms with E-state index in [-0.39, 0.29) is 18.1 Å². The zero-order chi connectivity index (χ0) is 23.8. The van der Waals surface area contributed by atoms with Crippen LogP contribution in [0.1, 0.15) is 55.2 Å². The first-order valence-corrected chi connectivity index (χ1v) is 12.2. The van der Waals surface area contributed by atoms with Crippen molar-refractivity contribution in [2.75, 3.05) is 0 Å². The summed E-state index contributed by atoms with van der Waals surface area (Å²) < 4.78 is 6.18. The molecular weight excluding hydrogens is 420 g/mol. The number of Topliss-reactive ketones (excluding diaryl/α,β-unsaturated/α-hetero) is 1. The second kappa shape index (κ2) is 11.1. The Morgan fingerprint density at radius 1 is 0.882 bits per heavy atom. The van der Waals surface area contributed by atoms with Crippen LogP contribution >= 0.6 is 0 Å². The fraction of sp³-hybridized carbons (Fsp3) is 0.290. The van der Waals surface area contributed by atoms with Crippen LogP contribution in [-0.2, 0) is 20.7 Å². The van der Waals surface area contributed by atoms with Gasteiger partial charge in [0.15, 0.2) is 5.78 Å². The van der Waals surface area contributed by atoms with E-state index < -0.39 is 17.5 Å². The van der Waals surface area contributed by atoms with Crippen LogP contribution in [0.2, 0.25) is 0 Å². The van der Waals surface area contributed by atoms with Crippen molar-refractivity contribution in [3.05, 3.63) is 114 Å². The average molecular weight is 453 g/mol. The first-order valence-electron chi connectivity index (χ1n) is 12.2. The van der Waals surface area contributed by atoms with Gasteiger partial charge in [-0.2, -0.15) is 0 Å². The zero-order valence-electron chi connectivity index (χ0n) is 19.7. The average Bonchev–Trinajstić information content (AvgIpc) is 2.86. The first-order chi connectivity index (χ1) is 16.6. The predicted molar refractivity (Wildman–Crippen MR) is 136 cm³/mol. The summed E-state index contributed by atoms with van der Waals surface area (Å²) in [6, 6.07) is 29.9. The van der Waals surface area contributed by atoms with Gasteiger partial charge in [0.25, 0.3) is 0 Å². The van der Waals surface area contributed by atoms with Crippen molar-refractivity contribution in [1.29, 1.82) is 0 Å². The van der Waals surface area contributed by atoms with Gasteiger partial charge in [-0.3, -0.25) is 9.59 Å². The van der Waals surface area contributed by atoms with Crippen molar-refractivity contribution in [1.82, 2.24) is 0 Å². The third kappa shape index (κ3) is 5.72. The standard InChI is InChI=1S/C31H32O3/c1-2-21-31(22-20-25-14-8-4-9-15-25)23-28(32)29(30(33)34-31)27(26-16-10-5-11-17-26)19-18-24-12-6-3-7-13-24/h3-19,27,29H,2,20-23H2,1H3. The predicted octanol–water partition coefficient (Wildman–Crippen LogP) is 6.79. The largest absolute Gasteiger partial charge is 0.458 e. The second-order valence-electron chi connectivity index (χ2n) is 9.17. The van der Waals surface area contributed by atoms with Gasteiger partial charge in [0.05, 0.1) is 0 Å². The van der Waals surface area contributed by atoms with Crippen LogP contribution < -0.4 is 0 Å². The molecule has 0 saturated carbocycles. The lowest BCUT2D eigenvalue weighted by molar-refractivity contribution is -0.179. The Labute approximate surface area is 202 Å². The Bertz CT molecular complexity index is 1090. The molecule has 1 saturated heterocycles. The zero-order valence-corrected chi connectivity index (χ0v) is 19.7. The molecule has 3 aromatic carbocycles. The van der Waals surface area contributed by atoms with Gasteiger partial charge in [-0.15, -0.1) is 0 Å². The third-order valence-corrected chi connectivity index (χ3v) is 6.67. The molecule has 0 N–H and O–H groups in total. The summed E-state index contributed by atoms with van der Waals surface area (Å²) in [5.41, 5.74) is 2.44. The minimum absolute atomic E-state index is 0.0238. The fourth-order valence-electron chi connectivity index (χ4n) is 4.96. The van der Waals surface area contributed by atoms with E-state index in [9.17, 15) is 9.59 Å². The summed E-state index contributed by atoms with van der Waals surface area (Å²) in [5.74, 6) is -1.62. The number of aryl methyl sites for hydroxylation is 1. The van der Waals surface area contributed by atoms with Crippen LogP contribution in [0.5, 0.6) is 0 Å². The number of rotatable bonds is 9. The first kappa shape index (κ1) is 23.7. The second-order valence-corrected chi connectivity index (χ2v) is 9.17. The maximum Gasteiger partial charge on any atom is 0.318 e. The highest BCUT2D eigenvalue weighted by molar-refractivity contribution is 6.03. The van der Waals surface area contributed by atoms with E-state index in [1.54, 1.807) is 0 Å². The van der Waals surface area contributed by atoms with E-state index in [4.69, 9.17) is 4.74 Å². The summed E-state index contributed by atoms with van der Waals surface area (Å²) >= 11 is 0. The molecule has 3 atom stereocenters. The molecule has 1 heterocycles. The minimum Gasteiger partial charge on any atom is -0.458 e. The van der Waals surface area contributed by atoms with Crippen molar-refractivity contribution in [3.63, 3.8) is 0 Å². The quantitative estimate of drug-likeness (QED) is 0.265. The van der Waals surface area contributed by atoms with Gasteiger partial charge in [0, 0.05) is 12.3 Å². The highest BCUT2D eigenvalue weighted by Crippen LogP contribution is 2.40. The Kier molecular flexibility index (Phi) is 7.74. The van der Waals surface area contributed by atoms with Gasteiger partial charge in [-0.1, -0.05) is 116 Å². The molecule has 0 radical (unpaired) electrons. The highest BCUT2D eigenvalue weighted by Gasteiger charge is 2.48. The van der Waals surface area contributed by atoms with Gasteiger partial charge in [-0.25, -0.2) is 0 Å². The molecule has 34 heavy (non-hydrogen) atoms. The van der Waals surface area contributed by atoms with E-state index in [0.29, 0.717) is 12.8 Å². The number of esters is 1. The van der Waals surface area contributed by atoms with Crippen molar-refractivity contribution in [3.8, 4) is 0 Å². The monoisotopic (exact) mass is 452 g/mol. The molecule has 0 aromatic heterocycles. The lowest BCUT2D eigenvalue weighted by atomic mass is 9.74. The van der Waals surface area contributed by atoms with Crippen molar-refractivity contribution < 1.29 is 14.3 Å². The maximum atomic E-state index is 13.6. The van der Waals surface area contributed by atoms with E-state index in [0.717, 1.165) is 24.0 Å². The van der Waals surface area contributed by atoms with Crippen LogP contribution in [0.25, 0.3) is 6.08 Å². The van der Waals surface area contributed by atoms with Crippen LogP contribution in [0, 0.1) is 5.92 Å². The lowest BCUT2D eigenvalue weighted by Crippen LogP contribution is -2.49. The molecule has 3 heteroatoms. The normalized spacial score (nSPS) is 21.4. The number of ketones is 1. The molecule has 3 aromatic rings. The third-order valence-electron chi connectivity index (χ3n) is 6.67. The van der Waals surface area contributed by atoms with Gasteiger partial charge in [0.2, 0.25) is 0 Å². The Morgan fingerprint density at radius 2 is 1.50 bits per heavy atom. The van der Waals surface area contributed by atoms with Gasteiger partial charge in [-0.05, 0) is 36.0 Å². The van der Waals surface area contributed by atoms with Crippen molar-refractivity contribution in [2.45, 2.75) is 50.5 Å². The van der Waals surface area contributed by atoms with Crippen LogP contribution in [0.15, 0.2) is 97.1 Å². The van der Waals surface area contributed by atoms with Crippen LogP contribution in [-0.4, -0.2) is 17.4 Å². The topological polar surface area (TPSA) is 43.4 Å². The Morgan fingerprint density at radius 3 is 2.12 bits per heavy atom. The molecule has 0 amide bonds. The molecule has 0 spiro atoms. The fourth-order valence-corrected chi connectivity index (χ4v) is 4.96. The van der Waals surface area contributed by atoms with Gasteiger partial charge >= 0.3 is 5.97 Å². The minimum atomic E-state index is -0.830. The Hall–Kier alpha value is -3.46. The van der Waals surface area contributed by atoms with Gasteiger partial charge < -0.3 is 4.74 Å². The van der Waals surface area contributed by atoms with E-state index in [2.05, 4.69) is 19.1 Å². The molecule has 0 bridgehead atoms. The number of allylic oxidation sites excluding steroid dienone is 1. The molecular formula is C31H32O3. The molecule has 1 fully saturated rings. The number of hydrogen-bond acceptors (Lipinski definition) is 3. The molecule has 3 nitrogen and oxygen atoms in total. The molecule has 0 aliphatic carbocycles. The van der Waals surface area contributed by atoms with E-state index >= 15 is 0 Å². The molecule has 1 aliphatic heterocycles. The molecule has 4 rings (SSSR count).